The van der Waals surface area contributed by atoms with Gasteiger partial charge in [-0.25, -0.2) is 0 Å². The highest BCUT2D eigenvalue weighted by Crippen LogP contribution is 2.67. The van der Waals surface area contributed by atoms with Gasteiger partial charge in [-0.15, -0.1) is 0 Å². The number of fused-ring (bicyclic) bond motifs is 5. The van der Waals surface area contributed by atoms with Crippen LogP contribution in [0.4, 0.5) is 0 Å². The second kappa shape index (κ2) is 14.5. The van der Waals surface area contributed by atoms with Gasteiger partial charge in [0, 0.05) is 6.42 Å². The molecule has 0 heterocycles. The van der Waals surface area contributed by atoms with Crippen LogP contribution in [0.3, 0.4) is 0 Å². The largest absolute Gasteiger partial charge is 0.461 e. The minimum absolute atomic E-state index is 0.0551. The summed E-state index contributed by atoms with van der Waals surface area (Å²) in [6, 6.07) is 0. The van der Waals surface area contributed by atoms with E-state index in [-0.39, 0.29) is 12.1 Å². The van der Waals surface area contributed by atoms with Gasteiger partial charge in [-0.1, -0.05) is 65.5 Å². The maximum absolute atomic E-state index is 12.6. The Morgan fingerprint density at radius 1 is 0.975 bits per heavy atom. The van der Waals surface area contributed by atoms with Crippen molar-refractivity contribution < 1.29 is 9.53 Å². The standard InChI is InChI=1S/C35H63N3O2/c1-25(2)9-6-10-26(3)30-13-14-31-29-12-11-27-23-28(15-17-34(27,4)32(29)16-18-35(30,31)5)40-33(39)24-38-22-8-21-37-20-7-19-36/h11,25-26,28-32,37-38H,6-10,12-24,36H2,1-5H3/t26-,28+,29+,30-,31+,32+,34+,35-/m1/s1. The number of hydrogen-bond donors (Lipinski definition) is 3. The second-order valence-electron chi connectivity index (χ2n) is 15.1. The Morgan fingerprint density at radius 3 is 2.52 bits per heavy atom. The zero-order valence-electron chi connectivity index (χ0n) is 26.7. The average Bonchev–Trinajstić information content (AvgIpc) is 3.27. The highest BCUT2D eigenvalue weighted by atomic mass is 16.5. The fourth-order valence-electron chi connectivity index (χ4n) is 9.86. The molecule has 8 atom stereocenters. The molecule has 4 rings (SSSR count). The van der Waals surface area contributed by atoms with Crippen LogP contribution in [0.5, 0.6) is 0 Å². The molecule has 0 aliphatic heterocycles. The highest BCUT2D eigenvalue weighted by molar-refractivity contribution is 5.71. The van der Waals surface area contributed by atoms with Crippen LogP contribution in [0.1, 0.15) is 118 Å². The van der Waals surface area contributed by atoms with Gasteiger partial charge in [0.15, 0.2) is 0 Å². The first-order valence-corrected chi connectivity index (χ1v) is 17.2. The summed E-state index contributed by atoms with van der Waals surface area (Å²) in [6.45, 7) is 16.4. The molecule has 0 saturated heterocycles. The molecule has 3 saturated carbocycles. The predicted molar refractivity (Wildman–Crippen MR) is 167 cm³/mol. The number of carbonyl (C=O) groups excluding carboxylic acids is 1. The highest BCUT2D eigenvalue weighted by Gasteiger charge is 2.59. The van der Waals surface area contributed by atoms with Crippen molar-refractivity contribution in [2.24, 2.45) is 52.1 Å². The summed E-state index contributed by atoms with van der Waals surface area (Å²) in [6.07, 6.45) is 19.0. The van der Waals surface area contributed by atoms with Gasteiger partial charge in [0.2, 0.25) is 0 Å². The fourth-order valence-corrected chi connectivity index (χ4v) is 9.86. The van der Waals surface area contributed by atoms with Crippen LogP contribution in [-0.4, -0.2) is 44.8 Å². The van der Waals surface area contributed by atoms with Crippen molar-refractivity contribution in [1.29, 1.82) is 0 Å². The summed E-state index contributed by atoms with van der Waals surface area (Å²) in [5.41, 5.74) is 7.98. The molecule has 0 aromatic carbocycles. The minimum Gasteiger partial charge on any atom is -0.461 e. The lowest BCUT2D eigenvalue weighted by atomic mass is 9.47. The Labute approximate surface area is 246 Å². The van der Waals surface area contributed by atoms with Crippen LogP contribution in [0.25, 0.3) is 0 Å². The van der Waals surface area contributed by atoms with Gasteiger partial charge in [0.1, 0.15) is 6.10 Å². The maximum atomic E-state index is 12.6. The van der Waals surface area contributed by atoms with E-state index >= 15 is 0 Å². The van der Waals surface area contributed by atoms with Gasteiger partial charge >= 0.3 is 5.97 Å². The first-order chi connectivity index (χ1) is 19.2. The van der Waals surface area contributed by atoms with Gasteiger partial charge < -0.3 is 21.1 Å². The first kappa shape index (κ1) is 32.0. The third-order valence-corrected chi connectivity index (χ3v) is 12.1. The smallest absolute Gasteiger partial charge is 0.320 e. The topological polar surface area (TPSA) is 76.4 Å². The number of rotatable bonds is 15. The van der Waals surface area contributed by atoms with Gasteiger partial charge in [0.25, 0.3) is 0 Å². The molecule has 0 aromatic heterocycles. The van der Waals surface area contributed by atoms with E-state index in [0.717, 1.165) is 87.4 Å². The summed E-state index contributed by atoms with van der Waals surface area (Å²) >= 11 is 0. The van der Waals surface area contributed by atoms with Crippen LogP contribution >= 0.6 is 0 Å². The number of nitrogens with one attached hydrogen (secondary N) is 2. The molecule has 0 aromatic rings. The van der Waals surface area contributed by atoms with Crippen molar-refractivity contribution in [2.75, 3.05) is 32.7 Å². The summed E-state index contributed by atoms with van der Waals surface area (Å²) in [5.74, 6) is 5.10. The van der Waals surface area contributed by atoms with E-state index in [1.165, 1.54) is 57.8 Å². The summed E-state index contributed by atoms with van der Waals surface area (Å²) < 4.78 is 5.98. The zero-order valence-corrected chi connectivity index (χ0v) is 26.7. The molecular formula is C35H63N3O2. The molecule has 0 spiro atoms. The molecule has 4 aliphatic carbocycles. The molecular weight excluding hydrogens is 494 g/mol. The van der Waals surface area contributed by atoms with E-state index in [2.05, 4.69) is 51.3 Å². The molecule has 230 valence electrons. The molecule has 5 heteroatoms. The molecule has 40 heavy (non-hydrogen) atoms. The molecule has 4 N–H and O–H groups in total. The molecule has 5 nitrogen and oxygen atoms in total. The van der Waals surface area contributed by atoms with Crippen LogP contribution in [0, 0.1) is 46.3 Å². The lowest BCUT2D eigenvalue weighted by Crippen LogP contribution is -2.51. The molecule has 0 amide bonds. The predicted octanol–water partition coefficient (Wildman–Crippen LogP) is 6.86. The van der Waals surface area contributed by atoms with Crippen molar-refractivity contribution in [3.05, 3.63) is 11.6 Å². The third kappa shape index (κ3) is 7.35. The van der Waals surface area contributed by atoms with Crippen LogP contribution in [-0.2, 0) is 9.53 Å². The molecule has 0 radical (unpaired) electrons. The average molecular weight is 558 g/mol. The molecule has 0 unspecified atom stereocenters. The fraction of sp³-hybridized carbons (Fsp3) is 0.914. The number of ether oxygens (including phenoxy) is 1. The second-order valence-corrected chi connectivity index (χ2v) is 15.1. The molecule has 4 aliphatic rings. The van der Waals surface area contributed by atoms with Gasteiger partial charge in [-0.05, 0) is 130 Å². The Bertz CT molecular complexity index is 842. The van der Waals surface area contributed by atoms with E-state index in [1.54, 1.807) is 5.57 Å². The zero-order chi connectivity index (χ0) is 28.8. The number of carbonyl (C=O) groups is 1. The Balaban J connectivity index is 1.26. The van der Waals surface area contributed by atoms with Crippen molar-refractivity contribution in [2.45, 2.75) is 124 Å². The molecule has 3 fully saturated rings. The van der Waals surface area contributed by atoms with E-state index < -0.39 is 0 Å². The van der Waals surface area contributed by atoms with Gasteiger partial charge in [0.05, 0.1) is 6.54 Å². The summed E-state index contributed by atoms with van der Waals surface area (Å²) in [7, 11) is 0. The van der Waals surface area contributed by atoms with Crippen LogP contribution in [0.2, 0.25) is 0 Å². The Kier molecular flexibility index (Phi) is 11.6. The van der Waals surface area contributed by atoms with E-state index in [0.29, 0.717) is 17.4 Å². The molecule has 0 bridgehead atoms. The maximum Gasteiger partial charge on any atom is 0.320 e. The van der Waals surface area contributed by atoms with Crippen LogP contribution in [0.15, 0.2) is 11.6 Å². The summed E-state index contributed by atoms with van der Waals surface area (Å²) in [5, 5.41) is 6.64. The monoisotopic (exact) mass is 557 g/mol. The SMILES string of the molecule is CC(C)CCC[C@@H](C)[C@H]1CC[C@H]2[C@@H]3CC=C4C[C@@H](OC(=O)CNCCCNCCCN)CC[C@]4(C)[C@H]3CC[C@]12C. The normalized spacial score (nSPS) is 36.0. The Morgan fingerprint density at radius 2 is 1.75 bits per heavy atom. The van der Waals surface area contributed by atoms with Crippen molar-refractivity contribution in [3.8, 4) is 0 Å². The number of nitrogens with two attached hydrogens (primary N) is 1. The lowest BCUT2D eigenvalue weighted by molar-refractivity contribution is -0.150. The van der Waals surface area contributed by atoms with Crippen molar-refractivity contribution in [3.63, 3.8) is 0 Å². The number of allylic oxidation sites excluding steroid dienone is 1. The summed E-state index contributed by atoms with van der Waals surface area (Å²) in [4.78, 5) is 12.6. The number of hydrogen-bond acceptors (Lipinski definition) is 5. The van der Waals surface area contributed by atoms with E-state index in [1.807, 2.05) is 0 Å². The minimum atomic E-state index is -0.0908. The Hall–Kier alpha value is -0.910. The first-order valence-electron chi connectivity index (χ1n) is 17.2. The lowest BCUT2D eigenvalue weighted by Gasteiger charge is -2.58. The number of esters is 1. The van der Waals surface area contributed by atoms with Gasteiger partial charge in [-0.3, -0.25) is 4.79 Å². The quantitative estimate of drug-likeness (QED) is 0.117. The van der Waals surface area contributed by atoms with Crippen molar-refractivity contribution >= 4 is 5.97 Å². The van der Waals surface area contributed by atoms with Gasteiger partial charge in [-0.2, -0.15) is 0 Å². The van der Waals surface area contributed by atoms with E-state index in [4.69, 9.17) is 10.5 Å². The van der Waals surface area contributed by atoms with Crippen molar-refractivity contribution in [1.82, 2.24) is 10.6 Å². The third-order valence-electron chi connectivity index (χ3n) is 12.1. The van der Waals surface area contributed by atoms with E-state index in [9.17, 15) is 4.79 Å². The van der Waals surface area contributed by atoms with Crippen LogP contribution < -0.4 is 16.4 Å².